The van der Waals surface area contributed by atoms with Gasteiger partial charge < -0.3 is 15.1 Å². The highest BCUT2D eigenvalue weighted by molar-refractivity contribution is 5.97. The van der Waals surface area contributed by atoms with E-state index in [0.717, 1.165) is 52.2 Å². The molecule has 0 fully saturated rings. The number of hydrogen-bond donors (Lipinski definition) is 2. The van der Waals surface area contributed by atoms with Gasteiger partial charge in [0, 0.05) is 17.1 Å². The Morgan fingerprint density at radius 1 is 0.509 bits per heavy atom. The highest BCUT2D eigenvalue weighted by atomic mass is 16.4. The highest BCUT2D eigenvalue weighted by Gasteiger charge is 2.15. The molecule has 7 nitrogen and oxygen atoms in total. The molecule has 0 aromatic heterocycles. The fourth-order valence-corrected chi connectivity index (χ4v) is 6.58. The Morgan fingerprint density at radius 3 is 1.14 bits per heavy atom. The second kappa shape index (κ2) is 20.6. The van der Waals surface area contributed by atoms with Crippen molar-refractivity contribution >= 4 is 52.8 Å². The van der Waals surface area contributed by atoms with Gasteiger partial charge in [-0.3, -0.25) is 0 Å². The van der Waals surface area contributed by atoms with Gasteiger partial charge in [0.1, 0.15) is 23.3 Å². The molecule has 7 heteroatoms. The first-order valence-corrected chi connectivity index (χ1v) is 19.4. The fraction of sp³-hybridized carbons (Fsp3) is 0.200. The lowest BCUT2D eigenvalue weighted by molar-refractivity contribution is -0.133. The first-order chi connectivity index (χ1) is 27.7. The van der Waals surface area contributed by atoms with Gasteiger partial charge in [-0.1, -0.05) is 124 Å². The van der Waals surface area contributed by atoms with Crippen LogP contribution in [-0.2, 0) is 22.4 Å². The summed E-state index contributed by atoms with van der Waals surface area (Å²) in [7, 11) is 0. The van der Waals surface area contributed by atoms with Gasteiger partial charge in [0.25, 0.3) is 0 Å². The Balaban J connectivity index is 1.53. The molecule has 0 spiro atoms. The van der Waals surface area contributed by atoms with E-state index in [2.05, 4.69) is 80.6 Å². The maximum absolute atomic E-state index is 11.4. The van der Waals surface area contributed by atoms with Gasteiger partial charge in [-0.25, -0.2) is 9.59 Å². The van der Waals surface area contributed by atoms with Crippen LogP contribution in [0.5, 0.6) is 0 Å². The molecule has 0 bridgehead atoms. The highest BCUT2D eigenvalue weighted by Crippen LogP contribution is 2.36. The van der Waals surface area contributed by atoms with Crippen molar-refractivity contribution in [2.75, 3.05) is 4.90 Å². The van der Waals surface area contributed by atoms with Crippen molar-refractivity contribution in [1.29, 1.82) is 10.5 Å². The SMILES string of the molecule is CCCCCc1ccc(C(=Cc2ccc(N(c3ccc(C=C(C#N)C(=O)O)cc3)c3ccc(C=C(C#N)C(=O)O)cc3)cc2)c2ccc(CCCCC)cc2)cc1. The number of aliphatic carboxylic acids is 2. The molecule has 0 aliphatic rings. The van der Waals surface area contributed by atoms with Crippen LogP contribution in [-0.4, -0.2) is 22.2 Å². The van der Waals surface area contributed by atoms with E-state index >= 15 is 0 Å². The number of nitrogens with zero attached hydrogens (tertiary/aromatic N) is 3. The van der Waals surface area contributed by atoms with Gasteiger partial charge in [-0.15, -0.1) is 0 Å². The van der Waals surface area contributed by atoms with Crippen molar-refractivity contribution in [2.24, 2.45) is 0 Å². The number of carbonyl (C=O) groups is 2. The van der Waals surface area contributed by atoms with Crippen LogP contribution in [0.25, 0.3) is 23.8 Å². The van der Waals surface area contributed by atoms with Gasteiger partial charge in [0.2, 0.25) is 0 Å². The van der Waals surface area contributed by atoms with Crippen LogP contribution >= 0.6 is 0 Å². The maximum Gasteiger partial charge on any atom is 0.346 e. The van der Waals surface area contributed by atoms with Crippen molar-refractivity contribution in [2.45, 2.75) is 65.2 Å². The summed E-state index contributed by atoms with van der Waals surface area (Å²) in [6.07, 6.45) is 14.2. The number of aryl methyl sites for hydroxylation is 2. The van der Waals surface area contributed by atoms with E-state index in [9.17, 15) is 30.3 Å². The number of nitriles is 2. The first-order valence-electron chi connectivity index (χ1n) is 19.4. The second-order valence-electron chi connectivity index (χ2n) is 13.9. The smallest absolute Gasteiger partial charge is 0.346 e. The number of rotatable bonds is 18. The molecule has 0 atom stereocenters. The van der Waals surface area contributed by atoms with E-state index < -0.39 is 11.9 Å². The summed E-state index contributed by atoms with van der Waals surface area (Å²) in [6, 6.07) is 43.9. The number of anilines is 3. The lowest BCUT2D eigenvalue weighted by atomic mass is 9.93. The Kier molecular flexibility index (Phi) is 14.9. The van der Waals surface area contributed by atoms with Crippen LogP contribution in [0.15, 0.2) is 132 Å². The molecule has 0 saturated carbocycles. The molecule has 2 N–H and O–H groups in total. The van der Waals surface area contributed by atoms with Crippen LogP contribution in [0, 0.1) is 22.7 Å². The van der Waals surface area contributed by atoms with Crippen LogP contribution in [0.4, 0.5) is 17.1 Å². The Hall–Kier alpha value is -6.96. The fourth-order valence-electron chi connectivity index (χ4n) is 6.58. The minimum Gasteiger partial charge on any atom is -0.477 e. The zero-order valence-corrected chi connectivity index (χ0v) is 32.5. The molecule has 0 aliphatic heterocycles. The molecular weight excluding hydrogens is 707 g/mol. The van der Waals surface area contributed by atoms with Crippen molar-refractivity contribution < 1.29 is 19.8 Å². The van der Waals surface area contributed by atoms with Crippen LogP contribution in [0.3, 0.4) is 0 Å². The molecule has 5 aromatic carbocycles. The van der Waals surface area contributed by atoms with E-state index in [1.807, 2.05) is 41.3 Å². The van der Waals surface area contributed by atoms with Crippen molar-refractivity contribution in [3.63, 3.8) is 0 Å². The average Bonchev–Trinajstić information content (AvgIpc) is 3.23. The van der Waals surface area contributed by atoms with E-state index in [0.29, 0.717) is 11.1 Å². The standard InChI is InChI=1S/C50H47N3O4/c1-3-5-7-9-36-11-21-41(22-12-36)48(42-23-13-37(14-24-42)10-8-6-4-2)33-40-19-29-47(30-20-40)53(45-25-15-38(16-26-45)31-43(34-51)49(54)55)46-27-17-39(18-28-46)32-44(35-52)50(56)57/h11-33H,3-10H2,1-2H3,(H,54,55)(H,56,57). The van der Waals surface area contributed by atoms with E-state index in [1.165, 1.54) is 61.8 Å². The number of carboxylic acids is 2. The monoisotopic (exact) mass is 753 g/mol. The molecule has 0 unspecified atom stereocenters. The Morgan fingerprint density at radius 2 is 0.842 bits per heavy atom. The van der Waals surface area contributed by atoms with Crippen molar-refractivity contribution in [3.05, 3.63) is 171 Å². The molecule has 0 radical (unpaired) electrons. The minimum atomic E-state index is -1.30. The van der Waals surface area contributed by atoms with Gasteiger partial charge in [0.05, 0.1) is 0 Å². The number of carboxylic acid groups (broad SMARTS) is 2. The third-order valence-corrected chi connectivity index (χ3v) is 9.76. The molecule has 0 aliphatic carbocycles. The van der Waals surface area contributed by atoms with E-state index in [1.54, 1.807) is 36.4 Å². The van der Waals surface area contributed by atoms with Gasteiger partial charge >= 0.3 is 11.9 Å². The third-order valence-electron chi connectivity index (χ3n) is 9.76. The molecule has 5 aromatic rings. The Bertz CT molecular complexity index is 2160. The maximum atomic E-state index is 11.4. The van der Waals surface area contributed by atoms with Crippen molar-refractivity contribution in [3.8, 4) is 12.1 Å². The molecular formula is C50H47N3O4. The first kappa shape index (κ1) is 41.2. The molecule has 57 heavy (non-hydrogen) atoms. The van der Waals surface area contributed by atoms with Crippen LogP contribution in [0.2, 0.25) is 0 Å². The number of hydrogen-bond acceptors (Lipinski definition) is 5. The summed E-state index contributed by atoms with van der Waals surface area (Å²) >= 11 is 0. The normalized spacial score (nSPS) is 11.3. The summed E-state index contributed by atoms with van der Waals surface area (Å²) in [5.74, 6) is -2.59. The largest absolute Gasteiger partial charge is 0.477 e. The van der Waals surface area contributed by atoms with Crippen molar-refractivity contribution in [1.82, 2.24) is 0 Å². The third kappa shape index (κ3) is 11.5. The van der Waals surface area contributed by atoms with Gasteiger partial charge in [-0.05, 0) is 125 Å². The molecule has 0 amide bonds. The summed E-state index contributed by atoms with van der Waals surface area (Å²) in [6.45, 7) is 4.45. The zero-order valence-electron chi connectivity index (χ0n) is 32.5. The summed E-state index contributed by atoms with van der Waals surface area (Å²) in [5, 5.41) is 37.2. The molecule has 0 heterocycles. The number of unbranched alkanes of at least 4 members (excludes halogenated alkanes) is 4. The molecule has 286 valence electrons. The second-order valence-corrected chi connectivity index (χ2v) is 13.9. The van der Waals surface area contributed by atoms with Crippen LogP contribution in [0.1, 0.15) is 91.3 Å². The predicted octanol–water partition coefficient (Wildman–Crippen LogP) is 12.2. The van der Waals surface area contributed by atoms with Gasteiger partial charge in [0.15, 0.2) is 0 Å². The van der Waals surface area contributed by atoms with Crippen LogP contribution < -0.4 is 4.90 Å². The van der Waals surface area contributed by atoms with E-state index in [4.69, 9.17) is 0 Å². The summed E-state index contributed by atoms with van der Waals surface area (Å²) < 4.78 is 0. The topological polar surface area (TPSA) is 125 Å². The quantitative estimate of drug-likeness (QED) is 0.0395. The Labute approximate surface area is 335 Å². The average molecular weight is 754 g/mol. The lowest BCUT2D eigenvalue weighted by Crippen LogP contribution is -2.10. The minimum absolute atomic E-state index is 0.366. The zero-order chi connectivity index (χ0) is 40.6. The molecule has 0 saturated heterocycles. The lowest BCUT2D eigenvalue weighted by Gasteiger charge is -2.26. The predicted molar refractivity (Wildman–Crippen MR) is 230 cm³/mol. The number of benzene rings is 5. The molecule has 5 rings (SSSR count). The van der Waals surface area contributed by atoms with E-state index in [-0.39, 0.29) is 11.1 Å². The summed E-state index contributed by atoms with van der Waals surface area (Å²) in [4.78, 5) is 24.9. The van der Waals surface area contributed by atoms with Gasteiger partial charge in [-0.2, -0.15) is 10.5 Å². The summed E-state index contributed by atoms with van der Waals surface area (Å²) in [5.41, 5.74) is 9.91.